The van der Waals surface area contributed by atoms with Crippen LogP contribution in [-0.4, -0.2) is 73.3 Å². The highest BCUT2D eigenvalue weighted by atomic mass is 19.4. The standard InChI is InChI=1S/C19H22F3N3O3/c20-19(21,22)18(28)25-11-9-24(10-12-25)17(27)15-5-7-23(8-6-15)16-3-1-14(13-26)2-4-16/h1-4,13,15H,5-12H2. The second-order valence-electron chi connectivity index (χ2n) is 7.09. The van der Waals surface area contributed by atoms with Crippen molar-refractivity contribution in [2.24, 2.45) is 5.92 Å². The molecule has 9 heteroatoms. The van der Waals surface area contributed by atoms with Gasteiger partial charge in [0.15, 0.2) is 0 Å². The number of hydrogen-bond acceptors (Lipinski definition) is 4. The summed E-state index contributed by atoms with van der Waals surface area (Å²) >= 11 is 0. The minimum atomic E-state index is -4.87. The molecule has 2 amide bonds. The van der Waals surface area contributed by atoms with Crippen LogP contribution in [0.5, 0.6) is 0 Å². The van der Waals surface area contributed by atoms with Gasteiger partial charge >= 0.3 is 12.1 Å². The predicted octanol–water partition coefficient (Wildman–Crippen LogP) is 1.95. The van der Waals surface area contributed by atoms with Crippen LogP contribution in [0.4, 0.5) is 18.9 Å². The Kier molecular flexibility index (Phi) is 5.90. The average molecular weight is 397 g/mol. The molecule has 3 rings (SSSR count). The highest BCUT2D eigenvalue weighted by Crippen LogP contribution is 2.26. The first-order valence-corrected chi connectivity index (χ1v) is 9.24. The van der Waals surface area contributed by atoms with Crippen LogP contribution in [-0.2, 0) is 9.59 Å². The molecule has 0 N–H and O–H groups in total. The zero-order valence-corrected chi connectivity index (χ0v) is 15.3. The molecule has 0 aliphatic carbocycles. The molecule has 28 heavy (non-hydrogen) atoms. The summed E-state index contributed by atoms with van der Waals surface area (Å²) in [5.74, 6) is -2.04. The van der Waals surface area contributed by atoms with E-state index < -0.39 is 12.1 Å². The van der Waals surface area contributed by atoms with Crippen LogP contribution in [0.3, 0.4) is 0 Å². The summed E-state index contributed by atoms with van der Waals surface area (Å²) in [7, 11) is 0. The molecule has 0 radical (unpaired) electrons. The van der Waals surface area contributed by atoms with E-state index in [1.807, 2.05) is 12.1 Å². The van der Waals surface area contributed by atoms with Gasteiger partial charge in [0.05, 0.1) is 0 Å². The number of piperidine rings is 1. The van der Waals surface area contributed by atoms with Crippen LogP contribution < -0.4 is 4.90 Å². The van der Waals surface area contributed by atoms with Crippen molar-refractivity contribution in [3.05, 3.63) is 29.8 Å². The number of alkyl halides is 3. The molecule has 2 saturated heterocycles. The van der Waals surface area contributed by atoms with E-state index in [1.54, 1.807) is 17.0 Å². The number of hydrogen-bond donors (Lipinski definition) is 0. The normalized spacial score (nSPS) is 18.9. The molecule has 2 aliphatic rings. The fraction of sp³-hybridized carbons (Fsp3) is 0.526. The molecular formula is C19H22F3N3O3. The second-order valence-corrected chi connectivity index (χ2v) is 7.09. The van der Waals surface area contributed by atoms with Crippen molar-refractivity contribution >= 4 is 23.8 Å². The third kappa shape index (κ3) is 4.45. The maximum atomic E-state index is 12.7. The highest BCUT2D eigenvalue weighted by Gasteiger charge is 2.43. The Hall–Kier alpha value is -2.58. The molecular weight excluding hydrogens is 375 g/mol. The van der Waals surface area contributed by atoms with Crippen LogP contribution in [0, 0.1) is 5.92 Å². The maximum absolute atomic E-state index is 12.7. The van der Waals surface area contributed by atoms with Crippen molar-refractivity contribution in [1.29, 1.82) is 0 Å². The Labute approximate surface area is 160 Å². The van der Waals surface area contributed by atoms with Gasteiger partial charge in [-0.05, 0) is 37.1 Å². The molecule has 0 saturated carbocycles. The van der Waals surface area contributed by atoms with E-state index in [0.29, 0.717) is 31.5 Å². The van der Waals surface area contributed by atoms with Crippen molar-refractivity contribution in [2.45, 2.75) is 19.0 Å². The van der Waals surface area contributed by atoms with Gasteiger partial charge in [0.25, 0.3) is 0 Å². The Bertz CT molecular complexity index is 720. The van der Waals surface area contributed by atoms with Crippen molar-refractivity contribution in [2.75, 3.05) is 44.2 Å². The Balaban J connectivity index is 1.49. The lowest BCUT2D eigenvalue weighted by Gasteiger charge is -2.39. The zero-order valence-electron chi connectivity index (χ0n) is 15.3. The molecule has 0 spiro atoms. The number of carbonyl (C=O) groups excluding carboxylic acids is 3. The molecule has 2 fully saturated rings. The lowest BCUT2D eigenvalue weighted by molar-refractivity contribution is -0.187. The maximum Gasteiger partial charge on any atom is 0.471 e. The number of halogens is 3. The van der Waals surface area contributed by atoms with Crippen molar-refractivity contribution < 1.29 is 27.6 Å². The first-order valence-electron chi connectivity index (χ1n) is 9.24. The summed E-state index contributed by atoms with van der Waals surface area (Å²) in [6.07, 6.45) is -2.76. The first kappa shape index (κ1) is 20.2. The summed E-state index contributed by atoms with van der Waals surface area (Å²) in [5.41, 5.74) is 1.60. The van der Waals surface area contributed by atoms with Gasteiger partial charge in [-0.15, -0.1) is 0 Å². The van der Waals surface area contributed by atoms with Gasteiger partial charge in [-0.25, -0.2) is 0 Å². The van der Waals surface area contributed by atoms with E-state index in [4.69, 9.17) is 0 Å². The number of benzene rings is 1. The fourth-order valence-corrected chi connectivity index (χ4v) is 3.72. The number of aldehydes is 1. The molecule has 0 aromatic heterocycles. The molecule has 2 aliphatic heterocycles. The van der Waals surface area contributed by atoms with Crippen LogP contribution >= 0.6 is 0 Å². The van der Waals surface area contributed by atoms with Crippen molar-refractivity contribution in [1.82, 2.24) is 9.80 Å². The summed E-state index contributed by atoms with van der Waals surface area (Å²) in [6.45, 7) is 1.48. The lowest BCUT2D eigenvalue weighted by Crippen LogP contribution is -2.55. The number of carbonyl (C=O) groups is 3. The monoisotopic (exact) mass is 397 g/mol. The van der Waals surface area contributed by atoms with Crippen LogP contribution in [0.1, 0.15) is 23.2 Å². The molecule has 2 heterocycles. The average Bonchev–Trinajstić information content (AvgIpc) is 2.72. The number of piperazine rings is 1. The number of anilines is 1. The molecule has 6 nitrogen and oxygen atoms in total. The largest absolute Gasteiger partial charge is 0.471 e. The van der Waals surface area contributed by atoms with Gasteiger partial charge in [-0.1, -0.05) is 0 Å². The minimum absolute atomic E-state index is 0.0462. The lowest BCUT2D eigenvalue weighted by atomic mass is 9.94. The van der Waals surface area contributed by atoms with E-state index >= 15 is 0 Å². The van der Waals surface area contributed by atoms with Crippen molar-refractivity contribution in [3.63, 3.8) is 0 Å². The third-order valence-corrected chi connectivity index (χ3v) is 5.36. The van der Waals surface area contributed by atoms with Gasteiger partial charge in [0.1, 0.15) is 6.29 Å². The second kappa shape index (κ2) is 8.20. The summed E-state index contributed by atoms with van der Waals surface area (Å²) < 4.78 is 37.5. The predicted molar refractivity (Wildman–Crippen MR) is 96.0 cm³/mol. The van der Waals surface area contributed by atoms with Gasteiger partial charge < -0.3 is 14.7 Å². The summed E-state index contributed by atoms with van der Waals surface area (Å²) in [5, 5.41) is 0. The Morgan fingerprint density at radius 3 is 1.93 bits per heavy atom. The first-order chi connectivity index (χ1) is 13.3. The Morgan fingerprint density at radius 1 is 0.893 bits per heavy atom. The minimum Gasteiger partial charge on any atom is -0.371 e. The molecule has 0 unspecified atom stereocenters. The van der Waals surface area contributed by atoms with E-state index in [0.717, 1.165) is 16.9 Å². The topological polar surface area (TPSA) is 60.9 Å². The van der Waals surface area contributed by atoms with Crippen LogP contribution in [0.25, 0.3) is 0 Å². The van der Waals surface area contributed by atoms with Gasteiger partial charge in [-0.2, -0.15) is 13.2 Å². The smallest absolute Gasteiger partial charge is 0.371 e. The van der Waals surface area contributed by atoms with Crippen LogP contribution in [0.15, 0.2) is 24.3 Å². The van der Waals surface area contributed by atoms with Crippen LogP contribution in [0.2, 0.25) is 0 Å². The highest BCUT2D eigenvalue weighted by molar-refractivity contribution is 5.83. The molecule has 0 atom stereocenters. The quantitative estimate of drug-likeness (QED) is 0.732. The summed E-state index contributed by atoms with van der Waals surface area (Å²) in [6, 6.07) is 7.26. The van der Waals surface area contributed by atoms with E-state index in [2.05, 4.69) is 4.90 Å². The Morgan fingerprint density at radius 2 is 1.43 bits per heavy atom. The van der Waals surface area contributed by atoms with Gasteiger partial charge in [0.2, 0.25) is 5.91 Å². The molecule has 152 valence electrons. The molecule has 1 aromatic rings. The fourth-order valence-electron chi connectivity index (χ4n) is 3.72. The number of nitrogens with zero attached hydrogens (tertiary/aromatic N) is 3. The summed E-state index contributed by atoms with van der Waals surface area (Å²) in [4.78, 5) is 39.2. The molecule has 0 bridgehead atoms. The van der Waals surface area contributed by atoms with Crippen molar-refractivity contribution in [3.8, 4) is 0 Å². The van der Waals surface area contributed by atoms with E-state index in [9.17, 15) is 27.6 Å². The van der Waals surface area contributed by atoms with E-state index in [-0.39, 0.29) is 38.0 Å². The SMILES string of the molecule is O=Cc1ccc(N2CCC(C(=O)N3CCN(C(=O)C(F)(F)F)CC3)CC2)cc1. The molecule has 1 aromatic carbocycles. The zero-order chi connectivity index (χ0) is 20.3. The van der Waals surface area contributed by atoms with Gasteiger partial charge in [0, 0.05) is 56.4 Å². The number of rotatable bonds is 3. The number of amides is 2. The van der Waals surface area contributed by atoms with Gasteiger partial charge in [-0.3, -0.25) is 14.4 Å². The van der Waals surface area contributed by atoms with E-state index in [1.165, 1.54) is 0 Å². The third-order valence-electron chi connectivity index (χ3n) is 5.36.